The van der Waals surface area contributed by atoms with Gasteiger partial charge in [-0.2, -0.15) is 13.2 Å². The summed E-state index contributed by atoms with van der Waals surface area (Å²) < 4.78 is 80.9. The molecule has 2 heterocycles. The molecule has 1 saturated carbocycles. The van der Waals surface area contributed by atoms with Gasteiger partial charge >= 0.3 is 6.18 Å². The first kappa shape index (κ1) is 19.7. The molecule has 154 valence electrons. The van der Waals surface area contributed by atoms with Gasteiger partial charge in [0.25, 0.3) is 0 Å². The second kappa shape index (κ2) is 7.01. The van der Waals surface area contributed by atoms with Crippen molar-refractivity contribution in [2.45, 2.75) is 43.4 Å². The van der Waals surface area contributed by atoms with Crippen LogP contribution in [-0.4, -0.2) is 20.6 Å². The molecule has 0 spiro atoms. The highest BCUT2D eigenvalue weighted by Gasteiger charge is 2.35. The number of hydrogen-bond acceptors (Lipinski definition) is 3. The van der Waals surface area contributed by atoms with Gasteiger partial charge in [0.2, 0.25) is 5.82 Å². The van der Waals surface area contributed by atoms with E-state index in [0.717, 1.165) is 12.3 Å². The summed E-state index contributed by atoms with van der Waals surface area (Å²) in [6.07, 6.45) is 0.978. The zero-order valence-electron chi connectivity index (χ0n) is 14.9. The number of nitrogens with zero attached hydrogens (tertiary/aromatic N) is 3. The van der Waals surface area contributed by atoms with Crippen LogP contribution in [0.3, 0.4) is 0 Å². The second-order valence-electron chi connectivity index (χ2n) is 7.26. The zero-order valence-corrected chi connectivity index (χ0v) is 14.9. The minimum absolute atomic E-state index is 0.0354. The molecule has 0 radical (unpaired) electrons. The average molecular weight is 414 g/mol. The first-order valence-electron chi connectivity index (χ1n) is 8.95. The van der Waals surface area contributed by atoms with Crippen molar-refractivity contribution in [3.8, 4) is 0 Å². The van der Waals surface area contributed by atoms with Crippen LogP contribution in [0, 0.1) is 17.5 Å². The summed E-state index contributed by atoms with van der Waals surface area (Å²) >= 11 is 0. The summed E-state index contributed by atoms with van der Waals surface area (Å²) in [5.74, 6) is -4.93. The van der Waals surface area contributed by atoms with E-state index in [4.69, 9.17) is 5.73 Å². The Morgan fingerprint density at radius 3 is 2.41 bits per heavy atom. The highest BCUT2D eigenvalue weighted by atomic mass is 19.4. The molecule has 29 heavy (non-hydrogen) atoms. The zero-order chi connectivity index (χ0) is 20.9. The largest absolute Gasteiger partial charge is 0.451 e. The average Bonchev–Trinajstić information content (AvgIpc) is 3.07. The van der Waals surface area contributed by atoms with Crippen molar-refractivity contribution < 1.29 is 26.3 Å². The SMILES string of the molecule is N[C@H]1C[C@@H](n2cc3cnc(C(F)(F)F)nc3c2)CCC1c1cc(F)c(F)cc1F. The Morgan fingerprint density at radius 2 is 1.72 bits per heavy atom. The third-order valence-corrected chi connectivity index (χ3v) is 5.39. The summed E-state index contributed by atoms with van der Waals surface area (Å²) in [7, 11) is 0. The molecule has 3 aromatic rings. The van der Waals surface area contributed by atoms with Crippen molar-refractivity contribution in [1.29, 1.82) is 0 Å². The van der Waals surface area contributed by atoms with Gasteiger partial charge in [0.15, 0.2) is 11.6 Å². The number of nitrogens with two attached hydrogens (primary N) is 1. The topological polar surface area (TPSA) is 56.7 Å². The molecular formula is C19H16F6N4. The van der Waals surface area contributed by atoms with Crippen LogP contribution in [0.1, 0.15) is 42.6 Å². The van der Waals surface area contributed by atoms with Gasteiger partial charge in [-0.1, -0.05) is 0 Å². The van der Waals surface area contributed by atoms with Crippen LogP contribution in [0.15, 0.2) is 30.7 Å². The van der Waals surface area contributed by atoms with Gasteiger partial charge in [0.1, 0.15) is 5.82 Å². The van der Waals surface area contributed by atoms with E-state index in [-0.39, 0.29) is 17.1 Å². The monoisotopic (exact) mass is 414 g/mol. The summed E-state index contributed by atoms with van der Waals surface area (Å²) in [5, 5.41) is 0.459. The molecule has 2 aromatic heterocycles. The number of hydrogen-bond donors (Lipinski definition) is 1. The lowest BCUT2D eigenvalue weighted by molar-refractivity contribution is -0.144. The van der Waals surface area contributed by atoms with E-state index in [0.29, 0.717) is 30.7 Å². The third kappa shape index (κ3) is 3.68. The van der Waals surface area contributed by atoms with Crippen LogP contribution in [0.5, 0.6) is 0 Å². The highest BCUT2D eigenvalue weighted by Crippen LogP contribution is 2.39. The molecule has 10 heteroatoms. The Morgan fingerprint density at radius 1 is 1.00 bits per heavy atom. The third-order valence-electron chi connectivity index (χ3n) is 5.39. The maximum atomic E-state index is 14.1. The maximum Gasteiger partial charge on any atom is 0.451 e. The van der Waals surface area contributed by atoms with Crippen LogP contribution < -0.4 is 5.73 Å². The molecule has 0 saturated heterocycles. The van der Waals surface area contributed by atoms with Gasteiger partial charge in [-0.05, 0) is 30.9 Å². The molecule has 0 bridgehead atoms. The van der Waals surface area contributed by atoms with Gasteiger partial charge in [0.05, 0.1) is 5.52 Å². The second-order valence-corrected chi connectivity index (χ2v) is 7.26. The van der Waals surface area contributed by atoms with E-state index < -0.39 is 41.4 Å². The van der Waals surface area contributed by atoms with Crippen molar-refractivity contribution in [2.24, 2.45) is 5.73 Å². The van der Waals surface area contributed by atoms with Crippen molar-refractivity contribution in [3.05, 3.63) is 59.6 Å². The Hall–Kier alpha value is -2.62. The van der Waals surface area contributed by atoms with Crippen LogP contribution >= 0.6 is 0 Å². The van der Waals surface area contributed by atoms with Gasteiger partial charge in [-0.15, -0.1) is 0 Å². The molecular weight excluding hydrogens is 398 g/mol. The fourth-order valence-electron chi connectivity index (χ4n) is 3.95. The number of aromatic nitrogens is 3. The fraction of sp³-hybridized carbons (Fsp3) is 0.368. The molecule has 1 unspecified atom stereocenters. The van der Waals surface area contributed by atoms with E-state index in [9.17, 15) is 26.3 Å². The van der Waals surface area contributed by atoms with Crippen LogP contribution in [0.2, 0.25) is 0 Å². The van der Waals surface area contributed by atoms with E-state index in [1.54, 1.807) is 10.8 Å². The lowest BCUT2D eigenvalue weighted by atomic mass is 9.78. The Kier molecular flexibility index (Phi) is 4.76. The molecule has 0 aliphatic heterocycles. The normalized spacial score (nSPS) is 22.9. The van der Waals surface area contributed by atoms with E-state index in [1.807, 2.05) is 0 Å². The van der Waals surface area contributed by atoms with Crippen molar-refractivity contribution in [3.63, 3.8) is 0 Å². The summed E-state index contributed by atoms with van der Waals surface area (Å²) in [5.41, 5.74) is 6.40. The molecule has 2 N–H and O–H groups in total. The van der Waals surface area contributed by atoms with Crippen LogP contribution in [-0.2, 0) is 6.18 Å². The molecule has 1 aliphatic rings. The number of benzene rings is 1. The minimum atomic E-state index is -4.63. The fourth-order valence-corrected chi connectivity index (χ4v) is 3.95. The van der Waals surface area contributed by atoms with Crippen molar-refractivity contribution in [1.82, 2.24) is 14.5 Å². The quantitative estimate of drug-likeness (QED) is 0.488. The minimum Gasteiger partial charge on any atom is -0.348 e. The van der Waals surface area contributed by atoms with Gasteiger partial charge in [-0.25, -0.2) is 23.1 Å². The molecule has 1 aliphatic carbocycles. The van der Waals surface area contributed by atoms with Gasteiger partial charge in [-0.3, -0.25) is 0 Å². The standard InChI is InChI=1S/C19H16F6N4/c20-13-5-15(22)14(21)4-12(13)11-2-1-10(3-16(11)26)29-7-9-6-27-18(19(23,24)25)28-17(9)8-29/h4-8,10-11,16H,1-3,26H2/t10-,11?,16-/m0/s1. The Balaban J connectivity index is 1.56. The summed E-state index contributed by atoms with van der Waals surface area (Å²) in [6, 6.07) is 0.681. The Labute approximate surface area is 161 Å². The number of halogens is 6. The van der Waals surface area contributed by atoms with Crippen molar-refractivity contribution in [2.75, 3.05) is 0 Å². The molecule has 3 atom stereocenters. The molecule has 1 fully saturated rings. The van der Waals surface area contributed by atoms with Gasteiger partial charge in [0, 0.05) is 48.0 Å². The number of rotatable bonds is 2. The molecule has 1 aromatic carbocycles. The van der Waals surface area contributed by atoms with E-state index in [1.165, 1.54) is 6.20 Å². The highest BCUT2D eigenvalue weighted by molar-refractivity contribution is 5.77. The maximum absolute atomic E-state index is 14.1. The molecule has 4 rings (SSSR count). The number of fused-ring (bicyclic) bond motifs is 1. The Bertz CT molecular complexity index is 1060. The lowest BCUT2D eigenvalue weighted by Crippen LogP contribution is -2.36. The van der Waals surface area contributed by atoms with E-state index >= 15 is 0 Å². The first-order valence-corrected chi connectivity index (χ1v) is 8.95. The summed E-state index contributed by atoms with van der Waals surface area (Å²) in [6.45, 7) is 0. The molecule has 0 amide bonds. The van der Waals surface area contributed by atoms with Crippen LogP contribution in [0.25, 0.3) is 10.9 Å². The first-order chi connectivity index (χ1) is 13.6. The predicted octanol–water partition coefficient (Wildman–Crippen LogP) is 4.70. The molecule has 4 nitrogen and oxygen atoms in total. The van der Waals surface area contributed by atoms with Crippen LogP contribution in [0.4, 0.5) is 26.3 Å². The van der Waals surface area contributed by atoms with E-state index in [2.05, 4.69) is 9.97 Å². The van der Waals surface area contributed by atoms with Gasteiger partial charge < -0.3 is 10.3 Å². The van der Waals surface area contributed by atoms with Crippen molar-refractivity contribution >= 4 is 10.9 Å². The number of alkyl halides is 3. The smallest absolute Gasteiger partial charge is 0.348 e. The lowest BCUT2D eigenvalue weighted by Gasteiger charge is -2.35. The summed E-state index contributed by atoms with van der Waals surface area (Å²) in [4.78, 5) is 6.90. The predicted molar refractivity (Wildman–Crippen MR) is 92.5 cm³/mol.